The van der Waals surface area contributed by atoms with Crippen LogP contribution in [0.3, 0.4) is 0 Å². The van der Waals surface area contributed by atoms with Crippen LogP contribution in [0, 0.1) is 0 Å². The first kappa shape index (κ1) is 20.8. The Bertz CT molecular complexity index is 1040. The highest BCUT2D eigenvalue weighted by Crippen LogP contribution is 2.28. The van der Waals surface area contributed by atoms with Crippen LogP contribution in [-0.4, -0.2) is 36.8 Å². The van der Waals surface area contributed by atoms with Crippen molar-refractivity contribution in [2.45, 2.75) is 13.8 Å². The number of amides is 1. The Hall–Kier alpha value is -3.94. The minimum Gasteiger partial charge on any atom is -0.545 e. The lowest BCUT2D eigenvalue weighted by atomic mass is 10.1. The van der Waals surface area contributed by atoms with Gasteiger partial charge in [0.05, 0.1) is 29.5 Å². The molecule has 3 rings (SSSR count). The first-order valence-electron chi connectivity index (χ1n) is 9.21. The number of benzene rings is 2. The summed E-state index contributed by atoms with van der Waals surface area (Å²) in [4.78, 5) is 35.4. The number of hydrogen-bond donors (Lipinski definition) is 0. The Morgan fingerprint density at radius 1 is 1.13 bits per heavy atom. The lowest BCUT2D eigenvalue weighted by molar-refractivity contribution is -0.255. The van der Waals surface area contributed by atoms with Crippen LogP contribution >= 0.6 is 0 Å². The second-order valence-electron chi connectivity index (χ2n) is 6.33. The summed E-state index contributed by atoms with van der Waals surface area (Å²) < 4.78 is 10.4. The predicted octanol–water partition coefficient (Wildman–Crippen LogP) is 1.80. The van der Waals surface area contributed by atoms with Crippen molar-refractivity contribution in [2.75, 3.05) is 18.2 Å². The summed E-state index contributed by atoms with van der Waals surface area (Å²) in [6, 6.07) is 12.7. The molecular formula is C22H19N2O6-. The van der Waals surface area contributed by atoms with Crippen LogP contribution < -0.4 is 14.9 Å². The zero-order valence-electron chi connectivity index (χ0n) is 16.5. The van der Waals surface area contributed by atoms with Gasteiger partial charge in [0.15, 0.2) is 6.61 Å². The van der Waals surface area contributed by atoms with E-state index >= 15 is 0 Å². The molecule has 0 aliphatic carbocycles. The average molecular weight is 407 g/mol. The van der Waals surface area contributed by atoms with Crippen molar-refractivity contribution in [2.24, 2.45) is 5.10 Å². The van der Waals surface area contributed by atoms with Gasteiger partial charge in [-0.1, -0.05) is 30.3 Å². The summed E-state index contributed by atoms with van der Waals surface area (Å²) in [5.74, 6) is -1.72. The molecule has 8 heteroatoms. The van der Waals surface area contributed by atoms with Crippen molar-refractivity contribution in [3.63, 3.8) is 0 Å². The number of carbonyl (C=O) groups excluding carboxylic acids is 3. The van der Waals surface area contributed by atoms with Crippen molar-refractivity contribution >= 4 is 35.3 Å². The second-order valence-corrected chi connectivity index (χ2v) is 6.33. The van der Waals surface area contributed by atoms with E-state index in [4.69, 9.17) is 9.47 Å². The van der Waals surface area contributed by atoms with E-state index in [-0.39, 0.29) is 24.7 Å². The summed E-state index contributed by atoms with van der Waals surface area (Å²) in [6.45, 7) is 3.42. The molecule has 2 aromatic carbocycles. The van der Waals surface area contributed by atoms with Crippen molar-refractivity contribution in [3.8, 4) is 5.75 Å². The van der Waals surface area contributed by atoms with Gasteiger partial charge in [-0.3, -0.25) is 4.79 Å². The normalized spacial score (nSPS) is 14.6. The highest BCUT2D eigenvalue weighted by molar-refractivity contribution is 6.32. The third-order valence-electron chi connectivity index (χ3n) is 4.28. The van der Waals surface area contributed by atoms with E-state index in [1.165, 1.54) is 29.3 Å². The molecule has 0 N–H and O–H groups in total. The van der Waals surface area contributed by atoms with E-state index in [0.717, 1.165) is 0 Å². The molecule has 154 valence electrons. The molecule has 1 amide bonds. The van der Waals surface area contributed by atoms with Gasteiger partial charge in [-0.2, -0.15) is 10.1 Å². The van der Waals surface area contributed by atoms with Gasteiger partial charge in [0.1, 0.15) is 5.75 Å². The van der Waals surface area contributed by atoms with E-state index in [1.807, 2.05) is 0 Å². The minimum absolute atomic E-state index is 0.00883. The SMILES string of the molecule is CCOC(=O)COc1ccccc1/C=C1\C(=O)N(c2ccc(C(=O)[O-])cc2)N=C1C. The fourth-order valence-electron chi connectivity index (χ4n) is 2.82. The molecule has 0 aromatic heterocycles. The average Bonchev–Trinajstić information content (AvgIpc) is 3.01. The topological polar surface area (TPSA) is 108 Å². The van der Waals surface area contributed by atoms with Gasteiger partial charge in [-0.15, -0.1) is 0 Å². The minimum atomic E-state index is -1.30. The lowest BCUT2D eigenvalue weighted by Crippen LogP contribution is -2.23. The number of carboxylic acids is 1. The molecule has 0 radical (unpaired) electrons. The van der Waals surface area contributed by atoms with E-state index in [0.29, 0.717) is 28.3 Å². The van der Waals surface area contributed by atoms with E-state index in [2.05, 4.69) is 5.10 Å². The number of aromatic carboxylic acids is 1. The summed E-state index contributed by atoms with van der Waals surface area (Å²) in [5.41, 5.74) is 1.89. The number of rotatable bonds is 7. The van der Waals surface area contributed by atoms with Gasteiger partial charge in [0, 0.05) is 5.56 Å². The van der Waals surface area contributed by atoms with Crippen LogP contribution in [0.2, 0.25) is 0 Å². The van der Waals surface area contributed by atoms with E-state index < -0.39 is 11.9 Å². The Balaban J connectivity index is 1.83. The number of anilines is 1. The Kier molecular flexibility index (Phi) is 6.26. The summed E-state index contributed by atoms with van der Waals surface area (Å²) in [5, 5.41) is 16.4. The van der Waals surface area contributed by atoms with E-state index in [1.54, 1.807) is 44.2 Å². The van der Waals surface area contributed by atoms with Gasteiger partial charge in [0.2, 0.25) is 0 Å². The number of esters is 1. The molecule has 0 fully saturated rings. The molecule has 30 heavy (non-hydrogen) atoms. The molecule has 0 bridgehead atoms. The zero-order chi connectivity index (χ0) is 21.7. The standard InChI is InChI=1S/C22H20N2O6/c1-3-29-20(25)13-30-19-7-5-4-6-16(19)12-18-14(2)23-24(21(18)26)17-10-8-15(9-11-17)22(27)28/h4-12H,3,13H2,1-2H3,(H,27,28)/p-1/b18-12-. The zero-order valence-corrected chi connectivity index (χ0v) is 16.5. The Morgan fingerprint density at radius 3 is 2.50 bits per heavy atom. The molecule has 0 saturated heterocycles. The molecule has 1 heterocycles. The maximum atomic E-state index is 12.9. The number of hydrogen-bond acceptors (Lipinski definition) is 7. The number of carboxylic acid groups (broad SMARTS) is 1. The largest absolute Gasteiger partial charge is 0.545 e. The van der Waals surface area contributed by atoms with Crippen molar-refractivity contribution in [1.82, 2.24) is 0 Å². The van der Waals surface area contributed by atoms with Gasteiger partial charge in [0.25, 0.3) is 5.91 Å². The second kappa shape index (κ2) is 9.04. The number of carbonyl (C=O) groups is 3. The van der Waals surface area contributed by atoms with Gasteiger partial charge >= 0.3 is 5.97 Å². The van der Waals surface area contributed by atoms with Gasteiger partial charge in [-0.05, 0) is 43.7 Å². The summed E-state index contributed by atoms with van der Waals surface area (Å²) in [6.07, 6.45) is 1.64. The number of ether oxygens (including phenoxy) is 2. The van der Waals surface area contributed by atoms with E-state index in [9.17, 15) is 19.5 Å². The van der Waals surface area contributed by atoms with Crippen LogP contribution in [0.1, 0.15) is 29.8 Å². The summed E-state index contributed by atoms with van der Waals surface area (Å²) in [7, 11) is 0. The quantitative estimate of drug-likeness (QED) is 0.512. The third-order valence-corrected chi connectivity index (χ3v) is 4.28. The smallest absolute Gasteiger partial charge is 0.344 e. The van der Waals surface area contributed by atoms with Gasteiger partial charge < -0.3 is 19.4 Å². The van der Waals surface area contributed by atoms with Crippen LogP contribution in [-0.2, 0) is 14.3 Å². The molecule has 8 nitrogen and oxygen atoms in total. The molecule has 2 aromatic rings. The lowest BCUT2D eigenvalue weighted by Gasteiger charge is -2.13. The molecule has 0 saturated carbocycles. The fourth-order valence-corrected chi connectivity index (χ4v) is 2.82. The first-order valence-corrected chi connectivity index (χ1v) is 9.21. The molecule has 1 aliphatic rings. The number of para-hydroxylation sites is 1. The highest BCUT2D eigenvalue weighted by atomic mass is 16.6. The maximum absolute atomic E-state index is 12.9. The van der Waals surface area contributed by atoms with Crippen LogP contribution in [0.4, 0.5) is 5.69 Å². The molecule has 0 atom stereocenters. The molecular weight excluding hydrogens is 388 g/mol. The van der Waals surface area contributed by atoms with Crippen molar-refractivity contribution in [1.29, 1.82) is 0 Å². The van der Waals surface area contributed by atoms with Crippen molar-refractivity contribution in [3.05, 3.63) is 65.2 Å². The van der Waals surface area contributed by atoms with Crippen molar-refractivity contribution < 1.29 is 29.0 Å². The van der Waals surface area contributed by atoms with Gasteiger partial charge in [-0.25, -0.2) is 4.79 Å². The van der Waals surface area contributed by atoms with Crippen LogP contribution in [0.5, 0.6) is 5.75 Å². The Labute approximate surface area is 173 Å². The molecule has 1 aliphatic heterocycles. The number of hydrazone groups is 1. The third kappa shape index (κ3) is 4.54. The summed E-state index contributed by atoms with van der Waals surface area (Å²) >= 11 is 0. The highest BCUT2D eigenvalue weighted by Gasteiger charge is 2.29. The first-order chi connectivity index (χ1) is 14.4. The molecule has 0 unspecified atom stereocenters. The fraction of sp³-hybridized carbons (Fsp3) is 0.182. The molecule has 0 spiro atoms. The Morgan fingerprint density at radius 2 is 1.83 bits per heavy atom. The predicted molar refractivity (Wildman–Crippen MR) is 108 cm³/mol. The monoisotopic (exact) mass is 407 g/mol. The maximum Gasteiger partial charge on any atom is 0.344 e. The number of nitrogens with zero attached hydrogens (tertiary/aromatic N) is 2. The van der Waals surface area contributed by atoms with Crippen LogP contribution in [0.25, 0.3) is 6.08 Å². The van der Waals surface area contributed by atoms with Crippen LogP contribution in [0.15, 0.2) is 59.2 Å².